The number of nitrogens with zero attached hydrogens (tertiary/aromatic N) is 4. The minimum atomic E-state index is -0.0988. The molecule has 6 heteroatoms. The van der Waals surface area contributed by atoms with Gasteiger partial charge in [0.15, 0.2) is 5.16 Å². The lowest BCUT2D eigenvalue weighted by atomic mass is 10.3. The van der Waals surface area contributed by atoms with Crippen molar-refractivity contribution in [3.63, 3.8) is 0 Å². The average Bonchev–Trinajstić information content (AvgIpc) is 2.79. The second-order valence-corrected chi connectivity index (χ2v) is 4.54. The zero-order valence-electron chi connectivity index (χ0n) is 10.5. The highest BCUT2D eigenvalue weighted by molar-refractivity contribution is 7.98. The minimum Gasteiger partial charge on any atom is -0.318 e. The summed E-state index contributed by atoms with van der Waals surface area (Å²) < 4.78 is 1.79. The molecule has 0 aliphatic carbocycles. The number of hydrogen-bond donors (Lipinski definition) is 0. The molecule has 5 nitrogen and oxygen atoms in total. The van der Waals surface area contributed by atoms with Crippen molar-refractivity contribution in [1.29, 1.82) is 0 Å². The Hall–Kier alpha value is -1.82. The molecule has 0 aromatic carbocycles. The SMILES string of the molecule is CSc1ncc(C(=O)N(C)c2cccnc2)n1C. The number of carbonyl (C=O) groups is 1. The van der Waals surface area contributed by atoms with Crippen LogP contribution in [0.2, 0.25) is 0 Å². The van der Waals surface area contributed by atoms with E-state index in [1.807, 2.05) is 19.4 Å². The molecule has 2 rings (SSSR count). The molecule has 0 radical (unpaired) electrons. The molecule has 0 atom stereocenters. The number of hydrogen-bond acceptors (Lipinski definition) is 4. The fourth-order valence-corrected chi connectivity index (χ4v) is 2.15. The van der Waals surface area contributed by atoms with Crippen molar-refractivity contribution in [3.05, 3.63) is 36.4 Å². The Bertz CT molecular complexity index is 552. The van der Waals surface area contributed by atoms with Crippen LogP contribution in [0.5, 0.6) is 0 Å². The van der Waals surface area contributed by atoms with Crippen LogP contribution >= 0.6 is 11.8 Å². The second-order valence-electron chi connectivity index (χ2n) is 3.76. The van der Waals surface area contributed by atoms with Crippen molar-refractivity contribution < 1.29 is 4.79 Å². The van der Waals surface area contributed by atoms with Crippen LogP contribution in [0, 0.1) is 0 Å². The molecule has 0 aliphatic rings. The van der Waals surface area contributed by atoms with Gasteiger partial charge in [0.25, 0.3) is 5.91 Å². The predicted molar refractivity (Wildman–Crippen MR) is 72.0 cm³/mol. The molecule has 0 saturated heterocycles. The molecule has 0 spiro atoms. The van der Waals surface area contributed by atoms with Gasteiger partial charge in [-0.2, -0.15) is 0 Å². The first-order chi connectivity index (χ1) is 8.65. The third-order valence-corrected chi connectivity index (χ3v) is 3.43. The van der Waals surface area contributed by atoms with Gasteiger partial charge in [-0.15, -0.1) is 0 Å². The summed E-state index contributed by atoms with van der Waals surface area (Å²) in [5, 5.41) is 0.818. The van der Waals surface area contributed by atoms with Gasteiger partial charge in [0, 0.05) is 20.3 Å². The summed E-state index contributed by atoms with van der Waals surface area (Å²) in [6, 6.07) is 3.65. The van der Waals surface area contributed by atoms with Crippen LogP contribution < -0.4 is 4.90 Å². The summed E-state index contributed by atoms with van der Waals surface area (Å²) in [7, 11) is 3.56. The van der Waals surface area contributed by atoms with Gasteiger partial charge in [-0.05, 0) is 18.4 Å². The Labute approximate surface area is 110 Å². The monoisotopic (exact) mass is 262 g/mol. The number of carbonyl (C=O) groups excluding carboxylic acids is 1. The predicted octanol–water partition coefficient (Wildman–Crippen LogP) is 1.81. The summed E-state index contributed by atoms with van der Waals surface area (Å²) in [5.74, 6) is -0.0988. The Morgan fingerprint density at radius 1 is 1.44 bits per heavy atom. The van der Waals surface area contributed by atoms with E-state index in [0.717, 1.165) is 10.8 Å². The zero-order valence-corrected chi connectivity index (χ0v) is 11.3. The molecule has 2 heterocycles. The summed E-state index contributed by atoms with van der Waals surface area (Å²) in [6.07, 6.45) is 6.87. The normalized spacial score (nSPS) is 10.4. The second kappa shape index (κ2) is 5.22. The van der Waals surface area contributed by atoms with E-state index in [0.29, 0.717) is 5.69 Å². The van der Waals surface area contributed by atoms with Gasteiger partial charge in [-0.25, -0.2) is 4.98 Å². The van der Waals surface area contributed by atoms with E-state index in [9.17, 15) is 4.79 Å². The van der Waals surface area contributed by atoms with E-state index < -0.39 is 0 Å². The van der Waals surface area contributed by atoms with Gasteiger partial charge in [-0.3, -0.25) is 9.78 Å². The Balaban J connectivity index is 2.29. The lowest BCUT2D eigenvalue weighted by Crippen LogP contribution is -2.28. The summed E-state index contributed by atoms with van der Waals surface area (Å²) in [4.78, 5) is 22.1. The van der Waals surface area contributed by atoms with Gasteiger partial charge < -0.3 is 9.47 Å². The van der Waals surface area contributed by atoms with Crippen molar-refractivity contribution in [1.82, 2.24) is 14.5 Å². The maximum absolute atomic E-state index is 12.3. The number of rotatable bonds is 3. The molecular weight excluding hydrogens is 248 g/mol. The van der Waals surface area contributed by atoms with Gasteiger partial charge >= 0.3 is 0 Å². The number of pyridine rings is 1. The molecular formula is C12H14N4OS. The van der Waals surface area contributed by atoms with Crippen LogP contribution in [0.15, 0.2) is 35.9 Å². The van der Waals surface area contributed by atoms with Crippen LogP contribution in [-0.2, 0) is 7.05 Å². The van der Waals surface area contributed by atoms with E-state index in [1.165, 1.54) is 11.8 Å². The van der Waals surface area contributed by atoms with Crippen molar-refractivity contribution >= 4 is 23.4 Å². The van der Waals surface area contributed by atoms with E-state index >= 15 is 0 Å². The van der Waals surface area contributed by atoms with Gasteiger partial charge in [0.2, 0.25) is 0 Å². The summed E-state index contributed by atoms with van der Waals surface area (Å²) in [6.45, 7) is 0. The highest BCUT2D eigenvalue weighted by Crippen LogP contribution is 2.17. The highest BCUT2D eigenvalue weighted by Gasteiger charge is 2.18. The first-order valence-electron chi connectivity index (χ1n) is 5.39. The molecule has 1 amide bonds. The molecule has 0 unspecified atom stereocenters. The van der Waals surface area contributed by atoms with Crippen LogP contribution in [0.25, 0.3) is 0 Å². The van der Waals surface area contributed by atoms with Crippen LogP contribution in [0.3, 0.4) is 0 Å². The van der Waals surface area contributed by atoms with Gasteiger partial charge in [-0.1, -0.05) is 11.8 Å². The van der Waals surface area contributed by atoms with Crippen molar-refractivity contribution in [2.24, 2.45) is 7.05 Å². The first-order valence-corrected chi connectivity index (χ1v) is 6.61. The number of aromatic nitrogens is 3. The fraction of sp³-hybridized carbons (Fsp3) is 0.250. The Morgan fingerprint density at radius 3 is 2.78 bits per heavy atom. The topological polar surface area (TPSA) is 51.0 Å². The molecule has 0 aliphatic heterocycles. The smallest absolute Gasteiger partial charge is 0.276 e. The molecule has 0 N–H and O–H groups in total. The highest BCUT2D eigenvalue weighted by atomic mass is 32.2. The number of thioether (sulfide) groups is 1. The molecule has 18 heavy (non-hydrogen) atoms. The standard InChI is InChI=1S/C12H14N4OS/c1-15(9-5-4-6-13-7-9)11(17)10-8-14-12(18-3)16(10)2/h4-8H,1-3H3. The Morgan fingerprint density at radius 2 is 2.22 bits per heavy atom. The number of amides is 1. The van der Waals surface area contributed by atoms with Crippen molar-refractivity contribution in [3.8, 4) is 0 Å². The van der Waals surface area contributed by atoms with E-state index in [4.69, 9.17) is 0 Å². The number of imidazole rings is 1. The minimum absolute atomic E-state index is 0.0988. The summed E-state index contributed by atoms with van der Waals surface area (Å²) in [5.41, 5.74) is 1.32. The van der Waals surface area contributed by atoms with E-state index in [1.54, 1.807) is 41.2 Å². The molecule has 2 aromatic rings. The maximum atomic E-state index is 12.3. The summed E-state index contributed by atoms with van der Waals surface area (Å²) >= 11 is 1.51. The van der Waals surface area contributed by atoms with Gasteiger partial charge in [0.1, 0.15) is 5.69 Å². The average molecular weight is 262 g/mol. The largest absolute Gasteiger partial charge is 0.318 e. The third kappa shape index (κ3) is 2.24. The van der Waals surface area contributed by atoms with Crippen LogP contribution in [-0.4, -0.2) is 33.7 Å². The molecule has 2 aromatic heterocycles. The van der Waals surface area contributed by atoms with Crippen LogP contribution in [0.1, 0.15) is 10.5 Å². The molecule has 0 fully saturated rings. The van der Waals surface area contributed by atoms with E-state index in [2.05, 4.69) is 9.97 Å². The fourth-order valence-electron chi connectivity index (χ4n) is 1.62. The zero-order chi connectivity index (χ0) is 13.1. The van der Waals surface area contributed by atoms with Crippen molar-refractivity contribution in [2.45, 2.75) is 5.16 Å². The molecule has 0 bridgehead atoms. The lowest BCUT2D eigenvalue weighted by Gasteiger charge is -2.16. The Kier molecular flexibility index (Phi) is 3.66. The third-order valence-electron chi connectivity index (χ3n) is 2.69. The van der Waals surface area contributed by atoms with E-state index in [-0.39, 0.29) is 5.91 Å². The quantitative estimate of drug-likeness (QED) is 0.792. The molecule has 0 saturated carbocycles. The molecule has 94 valence electrons. The number of anilines is 1. The van der Waals surface area contributed by atoms with Gasteiger partial charge in [0.05, 0.1) is 18.1 Å². The van der Waals surface area contributed by atoms with Crippen molar-refractivity contribution in [2.75, 3.05) is 18.2 Å². The lowest BCUT2D eigenvalue weighted by molar-refractivity contribution is 0.0984. The maximum Gasteiger partial charge on any atom is 0.276 e. The first kappa shape index (κ1) is 12.6. The van der Waals surface area contributed by atoms with Crippen LogP contribution in [0.4, 0.5) is 5.69 Å².